The van der Waals surface area contributed by atoms with Crippen LogP contribution in [-0.2, 0) is 11.4 Å². The van der Waals surface area contributed by atoms with Gasteiger partial charge in [-0.15, -0.1) is 0 Å². The van der Waals surface area contributed by atoms with E-state index in [0.29, 0.717) is 23.1 Å². The van der Waals surface area contributed by atoms with E-state index in [1.165, 1.54) is 0 Å². The number of carbonyl (C=O) groups excluding carboxylic acids is 1. The topological polar surface area (TPSA) is 63.2 Å². The van der Waals surface area contributed by atoms with E-state index >= 15 is 0 Å². The van der Waals surface area contributed by atoms with Crippen LogP contribution in [0.2, 0.25) is 5.02 Å². The monoisotopic (exact) mass is 371 g/mol. The van der Waals surface area contributed by atoms with Crippen LogP contribution < -0.4 is 15.4 Å². The highest BCUT2D eigenvalue weighted by molar-refractivity contribution is 6.32. The van der Waals surface area contributed by atoms with Crippen molar-refractivity contribution in [3.63, 3.8) is 0 Å². The lowest BCUT2D eigenvalue weighted by atomic mass is 9.92. The highest BCUT2D eigenvalue weighted by Gasteiger charge is 2.57. The fourth-order valence-electron chi connectivity index (χ4n) is 3.76. The number of aromatic nitrogens is 1. The minimum Gasteiger partial charge on any atom is -0.486 e. The van der Waals surface area contributed by atoms with Crippen LogP contribution in [0.3, 0.4) is 0 Å². The molecule has 136 valence electrons. The number of anilines is 1. The van der Waals surface area contributed by atoms with Gasteiger partial charge < -0.3 is 15.4 Å². The molecule has 1 aliphatic heterocycles. The van der Waals surface area contributed by atoms with Crippen LogP contribution in [0.1, 0.15) is 25.0 Å². The predicted molar refractivity (Wildman–Crippen MR) is 101 cm³/mol. The Kier molecular flexibility index (Phi) is 4.83. The number of ether oxygens (including phenoxy) is 1. The number of piperidine rings is 1. The molecular weight excluding hydrogens is 350 g/mol. The third kappa shape index (κ3) is 3.69. The van der Waals surface area contributed by atoms with E-state index in [1.807, 2.05) is 24.3 Å². The molecule has 1 spiro atoms. The molecule has 0 bridgehead atoms. The van der Waals surface area contributed by atoms with E-state index in [-0.39, 0.29) is 17.2 Å². The molecule has 26 heavy (non-hydrogen) atoms. The average Bonchev–Trinajstić information content (AvgIpc) is 3.35. The second-order valence-corrected chi connectivity index (χ2v) is 7.52. The number of carbonyl (C=O) groups is 1. The number of hydrogen-bond donors (Lipinski definition) is 2. The lowest BCUT2D eigenvalue weighted by Crippen LogP contribution is -2.31. The average molecular weight is 372 g/mol. The summed E-state index contributed by atoms with van der Waals surface area (Å²) < 4.78 is 5.72. The molecule has 2 aromatic rings. The smallest absolute Gasteiger partial charge is 0.228 e. The van der Waals surface area contributed by atoms with E-state index in [1.54, 1.807) is 18.3 Å². The van der Waals surface area contributed by atoms with Crippen molar-refractivity contribution in [2.75, 3.05) is 18.4 Å². The zero-order valence-electron chi connectivity index (χ0n) is 14.5. The van der Waals surface area contributed by atoms with Gasteiger partial charge in [-0.1, -0.05) is 17.7 Å². The maximum absolute atomic E-state index is 12.5. The van der Waals surface area contributed by atoms with Crippen molar-refractivity contribution in [1.29, 1.82) is 0 Å². The summed E-state index contributed by atoms with van der Waals surface area (Å²) >= 11 is 6.31. The molecule has 4 rings (SSSR count). The zero-order valence-corrected chi connectivity index (χ0v) is 15.3. The number of nitrogens with one attached hydrogen (secondary N) is 2. The Labute approximate surface area is 158 Å². The van der Waals surface area contributed by atoms with E-state index in [0.717, 1.165) is 38.0 Å². The van der Waals surface area contributed by atoms with Crippen molar-refractivity contribution in [3.8, 4) is 5.75 Å². The third-order valence-corrected chi connectivity index (χ3v) is 5.70. The summed E-state index contributed by atoms with van der Waals surface area (Å²) in [4.78, 5) is 16.8. The molecule has 0 radical (unpaired) electrons. The molecule has 2 N–H and O–H groups in total. The molecule has 1 saturated heterocycles. The highest BCUT2D eigenvalue weighted by Crippen LogP contribution is 2.58. The summed E-state index contributed by atoms with van der Waals surface area (Å²) in [7, 11) is 0. The summed E-state index contributed by atoms with van der Waals surface area (Å²) in [6.07, 6.45) is 4.91. The van der Waals surface area contributed by atoms with Gasteiger partial charge in [0.1, 0.15) is 12.4 Å². The van der Waals surface area contributed by atoms with Crippen LogP contribution in [0.5, 0.6) is 5.75 Å². The number of halogens is 1. The number of pyridine rings is 1. The minimum atomic E-state index is 0.102. The van der Waals surface area contributed by atoms with Crippen LogP contribution in [0.4, 0.5) is 5.69 Å². The van der Waals surface area contributed by atoms with Gasteiger partial charge in [-0.2, -0.15) is 0 Å². The largest absolute Gasteiger partial charge is 0.486 e. The standard InChI is InChI=1S/C20H22ClN3O2/c21-17-11-14(4-5-18(17)26-13-15-3-1-2-8-23-15)24-19(25)16-12-20(16)6-9-22-10-7-20/h1-5,8,11,16,22H,6-7,9-10,12-13H2,(H,24,25). The van der Waals surface area contributed by atoms with Crippen molar-refractivity contribution >= 4 is 23.2 Å². The Balaban J connectivity index is 1.35. The maximum Gasteiger partial charge on any atom is 0.228 e. The SMILES string of the molecule is O=C(Nc1ccc(OCc2ccccn2)c(Cl)c1)C1CC12CCNCC2. The quantitative estimate of drug-likeness (QED) is 0.842. The van der Waals surface area contributed by atoms with E-state index in [4.69, 9.17) is 16.3 Å². The Hall–Kier alpha value is -2.11. The molecule has 1 saturated carbocycles. The van der Waals surface area contributed by atoms with Crippen molar-refractivity contribution < 1.29 is 9.53 Å². The van der Waals surface area contributed by atoms with Crippen LogP contribution in [-0.4, -0.2) is 24.0 Å². The van der Waals surface area contributed by atoms with Gasteiger partial charge in [0, 0.05) is 17.8 Å². The van der Waals surface area contributed by atoms with Gasteiger partial charge in [0.25, 0.3) is 0 Å². The van der Waals surface area contributed by atoms with Crippen molar-refractivity contribution in [2.45, 2.75) is 25.9 Å². The third-order valence-electron chi connectivity index (χ3n) is 5.41. The van der Waals surface area contributed by atoms with E-state index < -0.39 is 0 Å². The Morgan fingerprint density at radius 2 is 2.15 bits per heavy atom. The maximum atomic E-state index is 12.5. The second kappa shape index (κ2) is 7.25. The van der Waals surface area contributed by atoms with E-state index in [2.05, 4.69) is 15.6 Å². The first-order valence-corrected chi connectivity index (χ1v) is 9.38. The normalized spacial score (nSPS) is 20.6. The summed E-state index contributed by atoms with van der Waals surface area (Å²) in [5.41, 5.74) is 1.77. The first-order valence-electron chi connectivity index (χ1n) is 9.00. The van der Waals surface area contributed by atoms with E-state index in [9.17, 15) is 4.79 Å². The molecule has 6 heteroatoms. The number of benzene rings is 1. The fraction of sp³-hybridized carbons (Fsp3) is 0.400. The fourth-order valence-corrected chi connectivity index (χ4v) is 3.99. The summed E-state index contributed by atoms with van der Waals surface area (Å²) in [6.45, 7) is 2.38. The second-order valence-electron chi connectivity index (χ2n) is 7.11. The molecule has 2 heterocycles. The van der Waals surface area contributed by atoms with Crippen LogP contribution in [0.15, 0.2) is 42.6 Å². The van der Waals surface area contributed by atoms with Gasteiger partial charge in [-0.05, 0) is 68.1 Å². The molecule has 1 aromatic carbocycles. The summed E-state index contributed by atoms with van der Waals surface area (Å²) in [6, 6.07) is 11.0. The van der Waals surface area contributed by atoms with Gasteiger partial charge in [-0.25, -0.2) is 0 Å². The molecular formula is C20H22ClN3O2. The summed E-state index contributed by atoms with van der Waals surface area (Å²) in [5, 5.41) is 6.84. The first kappa shape index (κ1) is 17.3. The van der Waals surface area contributed by atoms with Crippen LogP contribution in [0.25, 0.3) is 0 Å². The lowest BCUT2D eigenvalue weighted by molar-refractivity contribution is -0.118. The Bertz CT molecular complexity index is 791. The molecule has 5 nitrogen and oxygen atoms in total. The van der Waals surface area contributed by atoms with Crippen molar-refractivity contribution in [3.05, 3.63) is 53.3 Å². The number of amides is 1. The predicted octanol–water partition coefficient (Wildman–Crippen LogP) is 3.64. The number of nitrogens with zero attached hydrogens (tertiary/aromatic N) is 1. The molecule has 1 aromatic heterocycles. The molecule has 1 unspecified atom stereocenters. The number of hydrogen-bond acceptors (Lipinski definition) is 4. The molecule has 1 amide bonds. The summed E-state index contributed by atoms with van der Waals surface area (Å²) in [5.74, 6) is 0.810. The molecule has 2 fully saturated rings. The zero-order chi connectivity index (χ0) is 18.0. The lowest BCUT2D eigenvalue weighted by Gasteiger charge is -2.23. The van der Waals surface area contributed by atoms with Crippen molar-refractivity contribution in [1.82, 2.24) is 10.3 Å². The van der Waals surface area contributed by atoms with Gasteiger partial charge in [0.05, 0.1) is 10.7 Å². The first-order chi connectivity index (χ1) is 12.7. The molecule has 1 atom stereocenters. The van der Waals surface area contributed by atoms with Crippen LogP contribution >= 0.6 is 11.6 Å². The van der Waals surface area contributed by atoms with Gasteiger partial charge in [0.15, 0.2) is 0 Å². The Morgan fingerprint density at radius 1 is 1.31 bits per heavy atom. The van der Waals surface area contributed by atoms with Gasteiger partial charge in [0.2, 0.25) is 5.91 Å². The Morgan fingerprint density at radius 3 is 2.88 bits per heavy atom. The highest BCUT2D eigenvalue weighted by atomic mass is 35.5. The molecule has 2 aliphatic rings. The van der Waals surface area contributed by atoms with Gasteiger partial charge >= 0.3 is 0 Å². The minimum absolute atomic E-state index is 0.102. The van der Waals surface area contributed by atoms with Crippen molar-refractivity contribution in [2.24, 2.45) is 11.3 Å². The molecule has 1 aliphatic carbocycles. The van der Waals surface area contributed by atoms with Crippen LogP contribution in [0, 0.1) is 11.3 Å². The number of rotatable bonds is 5. The van der Waals surface area contributed by atoms with Gasteiger partial charge in [-0.3, -0.25) is 9.78 Å².